The Balaban J connectivity index is 1.93. The molecule has 3 heteroatoms. The van der Waals surface area contributed by atoms with Gasteiger partial charge in [0.25, 0.3) is 5.69 Å². The molecule has 0 radical (unpaired) electrons. The summed E-state index contributed by atoms with van der Waals surface area (Å²) < 4.78 is 0. The molecular weight excluding hydrogens is 322 g/mol. The fourth-order valence-electron chi connectivity index (χ4n) is 3.49. The number of nitro benzene ring substituents is 1. The van der Waals surface area contributed by atoms with Gasteiger partial charge in [-0.3, -0.25) is 10.1 Å². The minimum Gasteiger partial charge on any atom is -0.258 e. The fraction of sp³-hybridized carbons (Fsp3) is 0.0435. The van der Waals surface area contributed by atoms with E-state index in [-0.39, 0.29) is 16.5 Å². The molecule has 0 N–H and O–H groups in total. The number of fused-ring (bicyclic) bond motifs is 1. The van der Waals surface area contributed by atoms with E-state index in [9.17, 15) is 10.1 Å². The SMILES string of the molecule is O=[N+]([O-])c1ccc([C@H](c2ccccc2)c2cccc3ccccc23)cc1. The van der Waals surface area contributed by atoms with Gasteiger partial charge in [0.15, 0.2) is 0 Å². The number of hydrogen-bond donors (Lipinski definition) is 0. The molecule has 0 saturated carbocycles. The van der Waals surface area contributed by atoms with Crippen molar-refractivity contribution >= 4 is 16.5 Å². The molecule has 126 valence electrons. The zero-order chi connectivity index (χ0) is 17.9. The molecule has 0 amide bonds. The van der Waals surface area contributed by atoms with Crippen molar-refractivity contribution in [1.29, 1.82) is 0 Å². The van der Waals surface area contributed by atoms with Gasteiger partial charge < -0.3 is 0 Å². The van der Waals surface area contributed by atoms with Gasteiger partial charge in [0.2, 0.25) is 0 Å². The lowest BCUT2D eigenvalue weighted by Gasteiger charge is -2.20. The van der Waals surface area contributed by atoms with Crippen LogP contribution in [0.15, 0.2) is 97.1 Å². The second-order valence-electron chi connectivity index (χ2n) is 6.26. The molecule has 1 atom stereocenters. The highest BCUT2D eigenvalue weighted by Crippen LogP contribution is 2.36. The summed E-state index contributed by atoms with van der Waals surface area (Å²) in [4.78, 5) is 10.6. The first-order valence-electron chi connectivity index (χ1n) is 8.51. The van der Waals surface area contributed by atoms with E-state index in [2.05, 4.69) is 42.5 Å². The van der Waals surface area contributed by atoms with Crippen molar-refractivity contribution in [1.82, 2.24) is 0 Å². The maximum Gasteiger partial charge on any atom is 0.269 e. The third-order valence-electron chi connectivity index (χ3n) is 4.70. The van der Waals surface area contributed by atoms with Crippen LogP contribution < -0.4 is 0 Å². The van der Waals surface area contributed by atoms with E-state index in [1.807, 2.05) is 42.5 Å². The Hall–Kier alpha value is -3.46. The molecule has 0 aliphatic carbocycles. The van der Waals surface area contributed by atoms with E-state index in [1.165, 1.54) is 16.3 Å². The molecular formula is C23H17NO2. The number of nitro groups is 1. The van der Waals surface area contributed by atoms with Crippen LogP contribution in [0.5, 0.6) is 0 Å². The van der Waals surface area contributed by atoms with Gasteiger partial charge in [-0.25, -0.2) is 0 Å². The molecule has 0 heterocycles. The zero-order valence-electron chi connectivity index (χ0n) is 14.1. The van der Waals surface area contributed by atoms with Crippen molar-refractivity contribution in [2.45, 2.75) is 5.92 Å². The Bertz CT molecular complexity index is 1050. The predicted octanol–water partition coefficient (Wildman–Crippen LogP) is 5.93. The van der Waals surface area contributed by atoms with Crippen LogP contribution in [0.3, 0.4) is 0 Å². The number of non-ortho nitro benzene ring substituents is 1. The maximum absolute atomic E-state index is 11.0. The van der Waals surface area contributed by atoms with Crippen LogP contribution in [0.1, 0.15) is 22.6 Å². The van der Waals surface area contributed by atoms with Gasteiger partial charge in [-0.1, -0.05) is 84.9 Å². The highest BCUT2D eigenvalue weighted by molar-refractivity contribution is 5.87. The van der Waals surface area contributed by atoms with Gasteiger partial charge in [-0.15, -0.1) is 0 Å². The van der Waals surface area contributed by atoms with E-state index >= 15 is 0 Å². The highest BCUT2D eigenvalue weighted by atomic mass is 16.6. The number of rotatable bonds is 4. The normalized spacial score (nSPS) is 12.0. The number of hydrogen-bond acceptors (Lipinski definition) is 2. The van der Waals surface area contributed by atoms with Gasteiger partial charge in [0, 0.05) is 18.1 Å². The lowest BCUT2D eigenvalue weighted by atomic mass is 9.83. The van der Waals surface area contributed by atoms with Crippen LogP contribution in [0.4, 0.5) is 5.69 Å². The summed E-state index contributed by atoms with van der Waals surface area (Å²) in [6.45, 7) is 0. The standard InChI is InChI=1S/C23H17NO2/c25-24(26)20-15-13-19(14-16-20)23(18-8-2-1-3-9-18)22-12-6-10-17-7-4-5-11-21(17)22/h1-16,23H/t23-/m0/s1. The molecule has 3 nitrogen and oxygen atoms in total. The molecule has 4 aromatic rings. The van der Waals surface area contributed by atoms with Crippen molar-refractivity contribution in [2.75, 3.05) is 0 Å². The largest absolute Gasteiger partial charge is 0.269 e. The fourth-order valence-corrected chi connectivity index (χ4v) is 3.49. The molecule has 0 unspecified atom stereocenters. The van der Waals surface area contributed by atoms with Crippen LogP contribution in [0, 0.1) is 10.1 Å². The Morgan fingerprint density at radius 3 is 2.00 bits per heavy atom. The maximum atomic E-state index is 11.0. The molecule has 0 fully saturated rings. The zero-order valence-corrected chi connectivity index (χ0v) is 14.1. The van der Waals surface area contributed by atoms with Crippen LogP contribution in [-0.4, -0.2) is 4.92 Å². The smallest absolute Gasteiger partial charge is 0.258 e. The molecule has 0 saturated heterocycles. The number of nitrogens with zero attached hydrogens (tertiary/aromatic N) is 1. The van der Waals surface area contributed by atoms with Crippen molar-refractivity contribution in [3.05, 3.63) is 124 Å². The lowest BCUT2D eigenvalue weighted by molar-refractivity contribution is -0.384. The second kappa shape index (κ2) is 6.81. The summed E-state index contributed by atoms with van der Waals surface area (Å²) in [6.07, 6.45) is 0. The Kier molecular flexibility index (Phi) is 4.20. The topological polar surface area (TPSA) is 43.1 Å². The minimum absolute atomic E-state index is 0.0168. The van der Waals surface area contributed by atoms with Gasteiger partial charge in [0.1, 0.15) is 0 Å². The van der Waals surface area contributed by atoms with E-state index in [1.54, 1.807) is 12.1 Å². The average molecular weight is 339 g/mol. The van der Waals surface area contributed by atoms with Crippen molar-refractivity contribution in [3.63, 3.8) is 0 Å². The Morgan fingerprint density at radius 1 is 0.654 bits per heavy atom. The van der Waals surface area contributed by atoms with E-state index in [4.69, 9.17) is 0 Å². The van der Waals surface area contributed by atoms with Crippen LogP contribution in [0.2, 0.25) is 0 Å². The third kappa shape index (κ3) is 2.95. The predicted molar refractivity (Wildman–Crippen MR) is 104 cm³/mol. The van der Waals surface area contributed by atoms with Crippen molar-refractivity contribution in [3.8, 4) is 0 Å². The van der Waals surface area contributed by atoms with Crippen LogP contribution in [-0.2, 0) is 0 Å². The minimum atomic E-state index is -0.362. The monoisotopic (exact) mass is 339 g/mol. The Labute approximate surface area is 151 Å². The Morgan fingerprint density at radius 2 is 1.27 bits per heavy atom. The molecule has 0 spiro atoms. The first-order chi connectivity index (χ1) is 12.7. The summed E-state index contributed by atoms with van der Waals surface area (Å²) in [7, 11) is 0. The first-order valence-corrected chi connectivity index (χ1v) is 8.51. The van der Waals surface area contributed by atoms with Crippen LogP contribution >= 0.6 is 0 Å². The van der Waals surface area contributed by atoms with Gasteiger partial charge >= 0.3 is 0 Å². The average Bonchev–Trinajstić information content (AvgIpc) is 2.70. The van der Waals surface area contributed by atoms with Crippen molar-refractivity contribution in [2.24, 2.45) is 0 Å². The van der Waals surface area contributed by atoms with E-state index < -0.39 is 0 Å². The summed E-state index contributed by atoms with van der Waals surface area (Å²) in [5, 5.41) is 13.4. The molecule has 0 bridgehead atoms. The quantitative estimate of drug-likeness (QED) is 0.263. The highest BCUT2D eigenvalue weighted by Gasteiger charge is 2.19. The molecule has 4 rings (SSSR count). The van der Waals surface area contributed by atoms with Crippen molar-refractivity contribution < 1.29 is 4.92 Å². The summed E-state index contributed by atoms with van der Waals surface area (Å²) in [6, 6.07) is 31.8. The first kappa shape index (κ1) is 16.0. The van der Waals surface area contributed by atoms with Crippen LogP contribution in [0.25, 0.3) is 10.8 Å². The molecule has 4 aromatic carbocycles. The molecule has 0 aliphatic rings. The molecule has 0 aromatic heterocycles. The lowest BCUT2D eigenvalue weighted by Crippen LogP contribution is -2.04. The van der Waals surface area contributed by atoms with Gasteiger partial charge in [-0.05, 0) is 27.5 Å². The molecule has 0 aliphatic heterocycles. The second-order valence-corrected chi connectivity index (χ2v) is 6.26. The summed E-state index contributed by atoms with van der Waals surface area (Å²) in [5.41, 5.74) is 3.51. The molecule has 26 heavy (non-hydrogen) atoms. The summed E-state index contributed by atoms with van der Waals surface area (Å²) >= 11 is 0. The van der Waals surface area contributed by atoms with E-state index in [0.29, 0.717) is 0 Å². The van der Waals surface area contributed by atoms with Gasteiger partial charge in [-0.2, -0.15) is 0 Å². The third-order valence-corrected chi connectivity index (χ3v) is 4.70. The summed E-state index contributed by atoms with van der Waals surface area (Å²) in [5.74, 6) is 0.0168. The van der Waals surface area contributed by atoms with E-state index in [0.717, 1.165) is 11.1 Å². The number of benzene rings is 4. The van der Waals surface area contributed by atoms with Gasteiger partial charge in [0.05, 0.1) is 4.92 Å².